The van der Waals surface area contributed by atoms with E-state index in [1.165, 1.54) is 59.7 Å². The zero-order valence-electron chi connectivity index (χ0n) is 17.4. The molecule has 5 rings (SSSR count). The number of para-hydroxylation sites is 2. The van der Waals surface area contributed by atoms with Gasteiger partial charge in [0.25, 0.3) is 0 Å². The largest absolute Gasteiger partial charge is 0.454 e. The smallest absolute Gasteiger partial charge is 0.159 e. The van der Waals surface area contributed by atoms with Gasteiger partial charge in [-0.15, -0.1) is 0 Å². The second-order valence-corrected chi connectivity index (χ2v) is 8.39. The molecule has 0 radical (unpaired) electrons. The fourth-order valence-electron chi connectivity index (χ4n) is 4.92. The van der Waals surface area contributed by atoms with Crippen molar-refractivity contribution in [1.82, 2.24) is 0 Å². The third kappa shape index (κ3) is 3.21. The van der Waals surface area contributed by atoms with Gasteiger partial charge in [0, 0.05) is 23.5 Å². The van der Waals surface area contributed by atoms with Gasteiger partial charge in [0.1, 0.15) is 5.58 Å². The lowest BCUT2D eigenvalue weighted by molar-refractivity contribution is 0.442. The van der Waals surface area contributed by atoms with Gasteiger partial charge in [-0.1, -0.05) is 68.7 Å². The Bertz CT molecular complexity index is 1130. The Morgan fingerprint density at radius 3 is 2.24 bits per heavy atom. The average molecular weight is 384 g/mol. The van der Waals surface area contributed by atoms with Crippen molar-refractivity contribution in [2.75, 3.05) is 11.9 Å². The van der Waals surface area contributed by atoms with E-state index in [4.69, 9.17) is 4.42 Å². The van der Waals surface area contributed by atoms with E-state index >= 15 is 0 Å². The third-order valence-electron chi connectivity index (χ3n) is 6.67. The first-order chi connectivity index (χ1) is 14.3. The van der Waals surface area contributed by atoms with E-state index in [2.05, 4.69) is 79.5 Å². The van der Waals surface area contributed by atoms with Crippen LogP contribution in [0.2, 0.25) is 0 Å². The van der Waals surface area contributed by atoms with Crippen molar-refractivity contribution in [2.24, 2.45) is 0 Å². The van der Waals surface area contributed by atoms with Crippen LogP contribution < -0.4 is 4.90 Å². The topological polar surface area (TPSA) is 16.4 Å². The van der Waals surface area contributed by atoms with E-state index in [0.717, 1.165) is 23.3 Å². The maximum Gasteiger partial charge on any atom is 0.159 e. The summed E-state index contributed by atoms with van der Waals surface area (Å²) in [5, 5.41) is 2.46. The lowest BCUT2D eigenvalue weighted by Gasteiger charge is -2.22. The standard InChI is InChI=1S/C27H29NO/c1-3-19-15-17-21(18-16-19)28(2)25-14-8-13-24-23-12-7-11-22(26(23)29-27(24)25)20-9-5-4-6-10-20/h7-8,11-18,20H,3-6,9-10H2,1-2H3. The second kappa shape index (κ2) is 7.59. The number of hydrogen-bond acceptors (Lipinski definition) is 2. The molecule has 0 aliphatic heterocycles. The summed E-state index contributed by atoms with van der Waals surface area (Å²) in [5.74, 6) is 0.635. The molecule has 0 unspecified atom stereocenters. The molecule has 3 aromatic carbocycles. The van der Waals surface area contributed by atoms with Crippen molar-refractivity contribution in [2.45, 2.75) is 51.4 Å². The molecule has 2 nitrogen and oxygen atoms in total. The molecule has 148 valence electrons. The molecular formula is C27H29NO. The Labute approximate surface area is 173 Å². The lowest BCUT2D eigenvalue weighted by Crippen LogP contribution is -2.09. The zero-order chi connectivity index (χ0) is 19.8. The van der Waals surface area contributed by atoms with Crippen molar-refractivity contribution in [3.8, 4) is 0 Å². The summed E-state index contributed by atoms with van der Waals surface area (Å²) in [6.45, 7) is 2.19. The fraction of sp³-hybridized carbons (Fsp3) is 0.333. The van der Waals surface area contributed by atoms with Gasteiger partial charge in [-0.05, 0) is 54.5 Å². The van der Waals surface area contributed by atoms with Crippen LogP contribution in [0.1, 0.15) is 56.1 Å². The number of rotatable bonds is 4. The van der Waals surface area contributed by atoms with Crippen LogP contribution in [-0.2, 0) is 6.42 Å². The summed E-state index contributed by atoms with van der Waals surface area (Å²) in [6, 6.07) is 22.1. The van der Waals surface area contributed by atoms with E-state index in [1.807, 2.05) is 0 Å². The molecule has 2 heteroatoms. The molecule has 0 saturated heterocycles. The van der Waals surface area contributed by atoms with Crippen LogP contribution in [0.15, 0.2) is 65.1 Å². The van der Waals surface area contributed by atoms with E-state index in [-0.39, 0.29) is 0 Å². The van der Waals surface area contributed by atoms with Crippen LogP contribution in [0.25, 0.3) is 21.9 Å². The van der Waals surface area contributed by atoms with Crippen molar-refractivity contribution < 1.29 is 4.42 Å². The molecule has 1 aliphatic carbocycles. The number of aryl methyl sites for hydroxylation is 1. The molecule has 1 aromatic heterocycles. The molecule has 1 saturated carbocycles. The lowest BCUT2D eigenvalue weighted by atomic mass is 9.83. The van der Waals surface area contributed by atoms with Crippen molar-refractivity contribution in [3.05, 3.63) is 71.8 Å². The average Bonchev–Trinajstić information content (AvgIpc) is 3.18. The van der Waals surface area contributed by atoms with Crippen molar-refractivity contribution in [1.29, 1.82) is 0 Å². The van der Waals surface area contributed by atoms with E-state index < -0.39 is 0 Å². The highest BCUT2D eigenvalue weighted by atomic mass is 16.3. The molecule has 4 aromatic rings. The molecule has 29 heavy (non-hydrogen) atoms. The fourth-order valence-corrected chi connectivity index (χ4v) is 4.92. The first kappa shape index (κ1) is 18.3. The van der Waals surface area contributed by atoms with E-state index in [0.29, 0.717) is 5.92 Å². The molecule has 1 aliphatic rings. The van der Waals surface area contributed by atoms with Crippen LogP contribution in [-0.4, -0.2) is 7.05 Å². The number of furan rings is 1. The molecule has 0 bridgehead atoms. The summed E-state index contributed by atoms with van der Waals surface area (Å²) in [7, 11) is 2.13. The van der Waals surface area contributed by atoms with Crippen LogP contribution >= 0.6 is 0 Å². The van der Waals surface area contributed by atoms with Gasteiger partial charge in [-0.25, -0.2) is 0 Å². The summed E-state index contributed by atoms with van der Waals surface area (Å²) >= 11 is 0. The van der Waals surface area contributed by atoms with Gasteiger partial charge in [0.15, 0.2) is 5.58 Å². The van der Waals surface area contributed by atoms with Gasteiger partial charge >= 0.3 is 0 Å². The van der Waals surface area contributed by atoms with Crippen LogP contribution in [0.5, 0.6) is 0 Å². The van der Waals surface area contributed by atoms with Gasteiger partial charge in [-0.2, -0.15) is 0 Å². The zero-order valence-corrected chi connectivity index (χ0v) is 17.4. The Hall–Kier alpha value is -2.74. The Kier molecular flexibility index (Phi) is 4.79. The quantitative estimate of drug-likeness (QED) is 0.355. The molecule has 0 amide bonds. The monoisotopic (exact) mass is 383 g/mol. The summed E-state index contributed by atoms with van der Waals surface area (Å²) in [5.41, 5.74) is 7.16. The number of hydrogen-bond donors (Lipinski definition) is 0. The van der Waals surface area contributed by atoms with Crippen molar-refractivity contribution >= 4 is 33.3 Å². The maximum atomic E-state index is 6.61. The molecule has 0 N–H and O–H groups in total. The summed E-state index contributed by atoms with van der Waals surface area (Å²) < 4.78 is 6.61. The SMILES string of the molecule is CCc1ccc(N(C)c2cccc3c2oc2c(C4CCCCC4)cccc23)cc1. The molecule has 1 heterocycles. The number of benzene rings is 3. The number of anilines is 2. The van der Waals surface area contributed by atoms with Gasteiger partial charge in [0.05, 0.1) is 5.69 Å². The van der Waals surface area contributed by atoms with E-state index in [1.54, 1.807) is 0 Å². The minimum absolute atomic E-state index is 0.635. The van der Waals surface area contributed by atoms with Crippen LogP contribution in [0.3, 0.4) is 0 Å². The highest BCUT2D eigenvalue weighted by Gasteiger charge is 2.22. The van der Waals surface area contributed by atoms with Crippen molar-refractivity contribution in [3.63, 3.8) is 0 Å². The Morgan fingerprint density at radius 2 is 1.52 bits per heavy atom. The van der Waals surface area contributed by atoms with Crippen LogP contribution in [0.4, 0.5) is 11.4 Å². The number of nitrogens with zero attached hydrogens (tertiary/aromatic N) is 1. The predicted molar refractivity (Wildman–Crippen MR) is 123 cm³/mol. The first-order valence-electron chi connectivity index (χ1n) is 11.0. The number of fused-ring (bicyclic) bond motifs is 3. The minimum atomic E-state index is 0.635. The highest BCUT2D eigenvalue weighted by molar-refractivity contribution is 6.10. The van der Waals surface area contributed by atoms with Crippen LogP contribution in [0, 0.1) is 0 Å². The van der Waals surface area contributed by atoms with Gasteiger partial charge in [-0.3, -0.25) is 0 Å². The predicted octanol–water partition coefficient (Wildman–Crippen LogP) is 7.96. The highest BCUT2D eigenvalue weighted by Crippen LogP contribution is 2.42. The summed E-state index contributed by atoms with van der Waals surface area (Å²) in [4.78, 5) is 2.24. The second-order valence-electron chi connectivity index (χ2n) is 8.39. The first-order valence-corrected chi connectivity index (χ1v) is 11.0. The minimum Gasteiger partial charge on any atom is -0.454 e. The Morgan fingerprint density at radius 1 is 0.828 bits per heavy atom. The molecular weight excluding hydrogens is 354 g/mol. The summed E-state index contributed by atoms with van der Waals surface area (Å²) in [6.07, 6.45) is 7.68. The normalized spacial score (nSPS) is 15.2. The van der Waals surface area contributed by atoms with Gasteiger partial charge in [0.2, 0.25) is 0 Å². The van der Waals surface area contributed by atoms with E-state index in [9.17, 15) is 0 Å². The third-order valence-corrected chi connectivity index (χ3v) is 6.67. The van der Waals surface area contributed by atoms with Gasteiger partial charge < -0.3 is 9.32 Å². The molecule has 0 atom stereocenters. The maximum absolute atomic E-state index is 6.61. The Balaban J connectivity index is 1.63. The molecule has 1 fully saturated rings. The molecule has 0 spiro atoms.